The molecule has 1 rings (SSSR count). The highest BCUT2D eigenvalue weighted by molar-refractivity contribution is 7.86. The number of benzene rings is 1. The van der Waals surface area contributed by atoms with Gasteiger partial charge in [-0.1, -0.05) is 0 Å². The zero-order valence-corrected chi connectivity index (χ0v) is 7.10. The molecule has 0 aliphatic heterocycles. The molecule has 66 valence electrons. The Morgan fingerprint density at radius 1 is 1.42 bits per heavy atom. The van der Waals surface area contributed by atoms with Crippen LogP contribution in [0.15, 0.2) is 23.1 Å². The van der Waals surface area contributed by atoms with E-state index in [1.54, 1.807) is 0 Å². The van der Waals surface area contributed by atoms with Gasteiger partial charge in [-0.05, 0) is 30.7 Å². The first-order valence-electron chi connectivity index (χ1n) is 3.15. The van der Waals surface area contributed by atoms with Gasteiger partial charge in [-0.25, -0.2) is 0 Å². The van der Waals surface area contributed by atoms with E-state index in [1.165, 1.54) is 6.92 Å². The van der Waals surface area contributed by atoms with Crippen molar-refractivity contribution in [3.63, 3.8) is 0 Å². The van der Waals surface area contributed by atoms with E-state index < -0.39 is 15.1 Å². The molecule has 1 N–H and O–H groups in total. The molecule has 0 aliphatic rings. The van der Waals surface area contributed by atoms with Crippen LogP contribution in [0.1, 0.15) is 5.56 Å². The number of hydrogen-bond donors (Lipinski definition) is 1. The summed E-state index contributed by atoms with van der Waals surface area (Å²) < 4.78 is 33.0. The number of halogens is 1. The number of aromatic hydroxyl groups is 1. The van der Waals surface area contributed by atoms with Crippen LogP contribution in [-0.2, 0) is 10.2 Å². The Bertz CT molecular complexity index is 397. The van der Waals surface area contributed by atoms with Crippen molar-refractivity contribution in [2.24, 2.45) is 0 Å². The Morgan fingerprint density at radius 2 is 2.00 bits per heavy atom. The summed E-state index contributed by atoms with van der Waals surface area (Å²) in [5.74, 6) is -0.0533. The molecule has 0 amide bonds. The molecule has 0 heterocycles. The smallest absolute Gasteiger partial charge is 0.332 e. The third kappa shape index (κ3) is 1.73. The van der Waals surface area contributed by atoms with Crippen LogP contribution in [0.3, 0.4) is 0 Å². The summed E-state index contributed by atoms with van der Waals surface area (Å²) in [6, 6.07) is 3.23. The second-order valence-electron chi connectivity index (χ2n) is 2.39. The van der Waals surface area contributed by atoms with E-state index in [9.17, 15) is 12.3 Å². The SMILES string of the molecule is Cc1cc(S(=O)(=O)F)ccc1O. The number of aryl methyl sites for hydroxylation is 1. The van der Waals surface area contributed by atoms with Gasteiger partial charge in [-0.15, -0.1) is 3.89 Å². The largest absolute Gasteiger partial charge is 0.508 e. The first kappa shape index (κ1) is 8.99. The summed E-state index contributed by atoms with van der Waals surface area (Å²) in [4.78, 5) is -0.433. The average Bonchev–Trinajstić information content (AvgIpc) is 1.92. The zero-order valence-electron chi connectivity index (χ0n) is 6.28. The second kappa shape index (κ2) is 2.75. The van der Waals surface area contributed by atoms with E-state index >= 15 is 0 Å². The molecular weight excluding hydrogens is 183 g/mol. The molecule has 0 spiro atoms. The highest BCUT2D eigenvalue weighted by Gasteiger charge is 2.12. The van der Waals surface area contributed by atoms with Crippen molar-refractivity contribution in [2.45, 2.75) is 11.8 Å². The third-order valence-electron chi connectivity index (χ3n) is 1.45. The number of phenols is 1. The molecule has 3 nitrogen and oxygen atoms in total. The summed E-state index contributed by atoms with van der Waals surface area (Å²) in [6.07, 6.45) is 0. The standard InChI is InChI=1S/C7H7FO3S/c1-5-4-6(12(8,10)11)2-3-7(5)9/h2-4,9H,1H3. The molecule has 0 radical (unpaired) electrons. The van der Waals surface area contributed by atoms with Gasteiger partial charge in [0.05, 0.1) is 4.90 Å². The minimum Gasteiger partial charge on any atom is -0.508 e. The lowest BCUT2D eigenvalue weighted by atomic mass is 10.2. The van der Waals surface area contributed by atoms with Crippen molar-refractivity contribution in [1.29, 1.82) is 0 Å². The van der Waals surface area contributed by atoms with Gasteiger partial charge >= 0.3 is 10.2 Å². The second-order valence-corrected chi connectivity index (χ2v) is 3.73. The van der Waals surface area contributed by atoms with E-state index in [4.69, 9.17) is 5.11 Å². The van der Waals surface area contributed by atoms with Gasteiger partial charge in [-0.2, -0.15) is 8.42 Å². The van der Waals surface area contributed by atoms with Crippen LogP contribution in [0, 0.1) is 6.92 Å². The minimum absolute atomic E-state index is 0.0533. The van der Waals surface area contributed by atoms with E-state index in [2.05, 4.69) is 0 Å². The molecule has 0 aromatic heterocycles. The van der Waals surface area contributed by atoms with E-state index in [1.807, 2.05) is 0 Å². The summed E-state index contributed by atoms with van der Waals surface area (Å²) in [5, 5.41) is 8.99. The molecule has 0 atom stereocenters. The molecule has 0 aliphatic carbocycles. The van der Waals surface area contributed by atoms with Gasteiger partial charge in [0, 0.05) is 0 Å². The van der Waals surface area contributed by atoms with Gasteiger partial charge in [0.15, 0.2) is 0 Å². The Labute approximate surface area is 69.7 Å². The molecule has 1 aromatic rings. The van der Waals surface area contributed by atoms with E-state index in [0.717, 1.165) is 18.2 Å². The lowest BCUT2D eigenvalue weighted by molar-refractivity contribution is 0.470. The first-order chi connectivity index (χ1) is 5.41. The topological polar surface area (TPSA) is 54.4 Å². The molecule has 0 bridgehead atoms. The van der Waals surface area contributed by atoms with Crippen LogP contribution in [0.25, 0.3) is 0 Å². The molecule has 12 heavy (non-hydrogen) atoms. The minimum atomic E-state index is -4.65. The molecular formula is C7H7FO3S. The third-order valence-corrected chi connectivity index (χ3v) is 2.27. The highest BCUT2D eigenvalue weighted by atomic mass is 32.3. The fraction of sp³-hybridized carbons (Fsp3) is 0.143. The van der Waals surface area contributed by atoms with Crippen LogP contribution in [0.4, 0.5) is 3.89 Å². The van der Waals surface area contributed by atoms with E-state index in [0.29, 0.717) is 5.56 Å². The highest BCUT2D eigenvalue weighted by Crippen LogP contribution is 2.20. The normalized spacial score (nSPS) is 11.5. The Balaban J connectivity index is 3.33. The lowest BCUT2D eigenvalue weighted by Gasteiger charge is -1.99. The monoisotopic (exact) mass is 190 g/mol. The Morgan fingerprint density at radius 3 is 2.42 bits per heavy atom. The van der Waals surface area contributed by atoms with Crippen LogP contribution < -0.4 is 0 Å². The van der Waals surface area contributed by atoms with Crippen molar-refractivity contribution in [3.05, 3.63) is 23.8 Å². The van der Waals surface area contributed by atoms with Gasteiger partial charge < -0.3 is 5.11 Å². The van der Waals surface area contributed by atoms with Crippen LogP contribution >= 0.6 is 0 Å². The average molecular weight is 190 g/mol. The van der Waals surface area contributed by atoms with E-state index in [-0.39, 0.29) is 5.75 Å². The maximum atomic E-state index is 12.3. The Hall–Kier alpha value is -1.10. The zero-order chi connectivity index (χ0) is 9.35. The molecule has 0 saturated carbocycles. The molecule has 0 saturated heterocycles. The Kier molecular flexibility index (Phi) is 2.06. The van der Waals surface area contributed by atoms with Crippen LogP contribution in [-0.4, -0.2) is 13.5 Å². The maximum Gasteiger partial charge on any atom is 0.332 e. The van der Waals surface area contributed by atoms with Crippen molar-refractivity contribution >= 4 is 10.2 Å². The molecule has 1 aromatic carbocycles. The predicted octanol–water partition coefficient (Wildman–Crippen LogP) is 1.36. The quantitative estimate of drug-likeness (QED) is 0.680. The van der Waals surface area contributed by atoms with Gasteiger partial charge in [0.2, 0.25) is 0 Å². The molecule has 0 unspecified atom stereocenters. The fourth-order valence-corrected chi connectivity index (χ4v) is 1.33. The number of hydrogen-bond acceptors (Lipinski definition) is 3. The number of rotatable bonds is 1. The number of phenolic OH excluding ortho intramolecular Hbond substituents is 1. The summed E-state index contributed by atoms with van der Waals surface area (Å²) >= 11 is 0. The van der Waals surface area contributed by atoms with Crippen molar-refractivity contribution in [2.75, 3.05) is 0 Å². The first-order valence-corrected chi connectivity index (χ1v) is 4.54. The van der Waals surface area contributed by atoms with Gasteiger partial charge in [-0.3, -0.25) is 0 Å². The summed E-state index contributed by atoms with van der Waals surface area (Å²) in [5.41, 5.74) is 0.328. The van der Waals surface area contributed by atoms with Crippen molar-refractivity contribution in [1.82, 2.24) is 0 Å². The molecule has 0 fully saturated rings. The van der Waals surface area contributed by atoms with Gasteiger partial charge in [0.25, 0.3) is 0 Å². The molecule has 5 heteroatoms. The van der Waals surface area contributed by atoms with Gasteiger partial charge in [0.1, 0.15) is 5.75 Å². The summed E-state index contributed by atoms with van der Waals surface area (Å²) in [6.45, 7) is 1.49. The maximum absolute atomic E-state index is 12.3. The fourth-order valence-electron chi connectivity index (χ4n) is 0.780. The van der Waals surface area contributed by atoms with Crippen molar-refractivity contribution < 1.29 is 17.4 Å². The summed E-state index contributed by atoms with van der Waals surface area (Å²) in [7, 11) is -4.65. The predicted molar refractivity (Wildman–Crippen MR) is 41.1 cm³/mol. The van der Waals surface area contributed by atoms with Crippen LogP contribution in [0.2, 0.25) is 0 Å². The van der Waals surface area contributed by atoms with Crippen molar-refractivity contribution in [3.8, 4) is 5.75 Å². The van der Waals surface area contributed by atoms with Crippen LogP contribution in [0.5, 0.6) is 5.75 Å². The lowest BCUT2D eigenvalue weighted by Crippen LogP contribution is -1.91.